The maximum Gasteiger partial charge on any atom is 0.289 e. The van der Waals surface area contributed by atoms with Crippen LogP contribution in [0.15, 0.2) is 41.3 Å². The van der Waals surface area contributed by atoms with Gasteiger partial charge in [0.2, 0.25) is 0 Å². The van der Waals surface area contributed by atoms with E-state index in [0.717, 1.165) is 11.6 Å². The number of nitrogens with zero attached hydrogens (tertiary/aromatic N) is 1. The van der Waals surface area contributed by atoms with Crippen LogP contribution >= 0.6 is 11.6 Å². The summed E-state index contributed by atoms with van der Waals surface area (Å²) in [6, 6.07) is 8.79. The van der Waals surface area contributed by atoms with Crippen LogP contribution in [0.1, 0.15) is 11.1 Å². The van der Waals surface area contributed by atoms with Crippen LogP contribution in [0.5, 0.6) is 0 Å². The number of nitro benzene ring substituents is 1. The number of hydrogen-bond acceptors (Lipinski definition) is 4. The summed E-state index contributed by atoms with van der Waals surface area (Å²) in [4.78, 5) is 10.3. The van der Waals surface area contributed by atoms with Crippen molar-refractivity contribution in [3.05, 3.63) is 62.7 Å². The van der Waals surface area contributed by atoms with E-state index >= 15 is 0 Å². The molecule has 6 nitrogen and oxygen atoms in total. The highest BCUT2D eigenvalue weighted by atomic mass is 35.5. The summed E-state index contributed by atoms with van der Waals surface area (Å²) >= 11 is 5.71. The summed E-state index contributed by atoms with van der Waals surface area (Å²) in [7, 11) is -3.84. The first-order valence-corrected chi connectivity index (χ1v) is 8.11. The number of sulfonamides is 1. The van der Waals surface area contributed by atoms with Gasteiger partial charge in [0, 0.05) is 6.07 Å². The molecule has 0 fully saturated rings. The van der Waals surface area contributed by atoms with Gasteiger partial charge < -0.3 is 0 Å². The number of benzene rings is 2. The zero-order valence-electron chi connectivity index (χ0n) is 11.8. The normalized spacial score (nSPS) is 11.2. The SMILES string of the molecule is Cc1ccc(C)c(S(=O)(=O)Nc2ccc(Cl)c([N+](=O)[O-])c2)c1. The van der Waals surface area contributed by atoms with Crippen molar-refractivity contribution in [3.8, 4) is 0 Å². The van der Waals surface area contributed by atoms with Crippen molar-refractivity contribution in [2.75, 3.05) is 4.72 Å². The molecular formula is C14H13ClN2O4S. The molecule has 2 aromatic rings. The Labute approximate surface area is 132 Å². The summed E-state index contributed by atoms with van der Waals surface area (Å²) in [5.41, 5.74) is 1.11. The predicted molar refractivity (Wildman–Crippen MR) is 84.8 cm³/mol. The van der Waals surface area contributed by atoms with Gasteiger partial charge in [-0.3, -0.25) is 14.8 Å². The molecule has 0 bridgehead atoms. The summed E-state index contributed by atoms with van der Waals surface area (Å²) < 4.78 is 27.2. The minimum Gasteiger partial charge on any atom is -0.279 e. The van der Waals surface area contributed by atoms with Crippen molar-refractivity contribution in [3.63, 3.8) is 0 Å². The maximum absolute atomic E-state index is 12.4. The van der Waals surface area contributed by atoms with Crippen molar-refractivity contribution >= 4 is 33.0 Å². The highest BCUT2D eigenvalue weighted by Gasteiger charge is 2.19. The first kappa shape index (κ1) is 16.3. The molecule has 116 valence electrons. The Bertz CT molecular complexity index is 850. The average molecular weight is 341 g/mol. The molecule has 2 aromatic carbocycles. The van der Waals surface area contributed by atoms with Crippen LogP contribution in [-0.4, -0.2) is 13.3 Å². The number of nitrogens with one attached hydrogen (secondary N) is 1. The molecular weight excluding hydrogens is 328 g/mol. The predicted octanol–water partition coefficient (Wildman–Crippen LogP) is 3.67. The van der Waals surface area contributed by atoms with Crippen molar-refractivity contribution < 1.29 is 13.3 Å². The lowest BCUT2D eigenvalue weighted by molar-refractivity contribution is -0.384. The van der Waals surface area contributed by atoms with Crippen LogP contribution in [-0.2, 0) is 10.0 Å². The Kier molecular flexibility index (Phi) is 4.39. The molecule has 0 saturated carbocycles. The van der Waals surface area contributed by atoms with Gasteiger partial charge >= 0.3 is 0 Å². The van der Waals surface area contributed by atoms with E-state index < -0.39 is 14.9 Å². The molecule has 0 saturated heterocycles. The van der Waals surface area contributed by atoms with E-state index in [-0.39, 0.29) is 21.3 Å². The van der Waals surface area contributed by atoms with Gasteiger partial charge in [0.05, 0.1) is 15.5 Å². The Morgan fingerprint density at radius 2 is 1.82 bits per heavy atom. The highest BCUT2D eigenvalue weighted by molar-refractivity contribution is 7.92. The van der Waals surface area contributed by atoms with Gasteiger partial charge in [-0.15, -0.1) is 0 Å². The molecule has 0 aliphatic heterocycles. The third kappa shape index (κ3) is 3.37. The largest absolute Gasteiger partial charge is 0.289 e. The molecule has 0 atom stereocenters. The third-order valence-electron chi connectivity index (χ3n) is 3.03. The smallest absolute Gasteiger partial charge is 0.279 e. The van der Waals surface area contributed by atoms with Gasteiger partial charge in [0.15, 0.2) is 0 Å². The van der Waals surface area contributed by atoms with Gasteiger partial charge in [-0.1, -0.05) is 23.7 Å². The Morgan fingerprint density at radius 3 is 2.45 bits per heavy atom. The second-order valence-corrected chi connectivity index (χ2v) is 6.86. The topological polar surface area (TPSA) is 89.3 Å². The molecule has 0 heterocycles. The monoisotopic (exact) mass is 340 g/mol. The van der Waals surface area contributed by atoms with E-state index in [2.05, 4.69) is 4.72 Å². The van der Waals surface area contributed by atoms with Crippen LogP contribution in [0.25, 0.3) is 0 Å². The minimum atomic E-state index is -3.84. The van der Waals surface area contributed by atoms with Gasteiger partial charge in [0.25, 0.3) is 15.7 Å². The van der Waals surface area contributed by atoms with Gasteiger partial charge in [-0.2, -0.15) is 0 Å². The van der Waals surface area contributed by atoms with Crippen LogP contribution in [0, 0.1) is 24.0 Å². The molecule has 0 aromatic heterocycles. The summed E-state index contributed by atoms with van der Waals surface area (Å²) in [5.74, 6) is 0. The van der Waals surface area contributed by atoms with E-state index in [0.29, 0.717) is 5.56 Å². The number of hydrogen-bond donors (Lipinski definition) is 1. The third-order valence-corrected chi connectivity index (χ3v) is 4.87. The standard InChI is InChI=1S/C14H13ClN2O4S/c1-9-3-4-10(2)14(7-9)22(20,21)16-11-5-6-12(15)13(8-11)17(18)19/h3-8,16H,1-2H3. The first-order valence-electron chi connectivity index (χ1n) is 6.25. The van der Waals surface area contributed by atoms with Gasteiger partial charge in [0.1, 0.15) is 5.02 Å². The Morgan fingerprint density at radius 1 is 1.14 bits per heavy atom. The van der Waals surface area contributed by atoms with Crippen molar-refractivity contribution in [2.24, 2.45) is 0 Å². The minimum absolute atomic E-state index is 0.0558. The van der Waals surface area contributed by atoms with Crippen LogP contribution in [0.3, 0.4) is 0 Å². The second kappa shape index (κ2) is 5.94. The van der Waals surface area contributed by atoms with E-state index in [9.17, 15) is 18.5 Å². The molecule has 22 heavy (non-hydrogen) atoms. The van der Waals surface area contributed by atoms with Crippen molar-refractivity contribution in [2.45, 2.75) is 18.7 Å². The summed E-state index contributed by atoms with van der Waals surface area (Å²) in [5, 5.41) is 10.8. The lowest BCUT2D eigenvalue weighted by Gasteiger charge is -2.11. The van der Waals surface area contributed by atoms with Crippen LogP contribution in [0.4, 0.5) is 11.4 Å². The molecule has 0 aliphatic rings. The quantitative estimate of drug-likeness (QED) is 0.679. The number of nitro groups is 1. The molecule has 0 aliphatic carbocycles. The molecule has 0 radical (unpaired) electrons. The molecule has 8 heteroatoms. The van der Waals surface area contributed by atoms with Gasteiger partial charge in [-0.05, 0) is 43.2 Å². The van der Waals surface area contributed by atoms with E-state index in [1.807, 2.05) is 6.07 Å². The molecule has 1 N–H and O–H groups in total. The average Bonchev–Trinajstić information content (AvgIpc) is 2.43. The number of anilines is 1. The van der Waals surface area contributed by atoms with E-state index in [1.54, 1.807) is 26.0 Å². The summed E-state index contributed by atoms with van der Waals surface area (Å²) in [6.45, 7) is 3.46. The number of aryl methyl sites for hydroxylation is 2. The molecule has 2 rings (SSSR count). The zero-order chi connectivity index (χ0) is 16.5. The van der Waals surface area contributed by atoms with Crippen LogP contribution in [0.2, 0.25) is 5.02 Å². The molecule has 0 amide bonds. The zero-order valence-corrected chi connectivity index (χ0v) is 13.4. The van der Waals surface area contributed by atoms with E-state index in [4.69, 9.17) is 11.6 Å². The molecule has 0 spiro atoms. The Hall–Kier alpha value is -2.12. The Balaban J connectivity index is 2.43. The summed E-state index contributed by atoms with van der Waals surface area (Å²) in [6.07, 6.45) is 0. The lowest BCUT2D eigenvalue weighted by Crippen LogP contribution is -2.14. The fraction of sp³-hybridized carbons (Fsp3) is 0.143. The first-order chi connectivity index (χ1) is 10.2. The maximum atomic E-state index is 12.4. The van der Waals surface area contributed by atoms with Crippen molar-refractivity contribution in [1.29, 1.82) is 0 Å². The van der Waals surface area contributed by atoms with Crippen LogP contribution < -0.4 is 4.72 Å². The molecule has 0 unspecified atom stereocenters. The number of halogens is 1. The van der Waals surface area contributed by atoms with Gasteiger partial charge in [-0.25, -0.2) is 8.42 Å². The number of rotatable bonds is 4. The second-order valence-electron chi connectivity index (χ2n) is 4.80. The van der Waals surface area contributed by atoms with Crippen molar-refractivity contribution in [1.82, 2.24) is 0 Å². The van der Waals surface area contributed by atoms with E-state index in [1.165, 1.54) is 12.1 Å². The lowest BCUT2D eigenvalue weighted by atomic mass is 10.2. The highest BCUT2D eigenvalue weighted by Crippen LogP contribution is 2.29. The fourth-order valence-electron chi connectivity index (χ4n) is 1.92. The fourth-order valence-corrected chi connectivity index (χ4v) is 3.49.